The minimum absolute atomic E-state index is 0.158. The van der Waals surface area contributed by atoms with E-state index in [0.29, 0.717) is 6.42 Å². The number of hydrogen-bond acceptors (Lipinski definition) is 1. The van der Waals surface area contributed by atoms with Crippen LogP contribution < -0.4 is 0 Å². The van der Waals surface area contributed by atoms with Crippen LogP contribution in [0.2, 0.25) is 0 Å². The number of alkyl halides is 3. The fourth-order valence-corrected chi connectivity index (χ4v) is 3.01. The number of rotatable bonds is 1. The van der Waals surface area contributed by atoms with E-state index in [9.17, 15) is 13.2 Å². The molecule has 0 fully saturated rings. The molecule has 2 aromatic rings. The molecule has 5 heteroatoms. The van der Waals surface area contributed by atoms with E-state index in [1.54, 1.807) is 6.07 Å². The molecule has 0 amide bonds. The molecule has 0 bridgehead atoms. The first-order valence-electron chi connectivity index (χ1n) is 6.25. The lowest BCUT2D eigenvalue weighted by molar-refractivity contribution is -0.137. The quantitative estimate of drug-likeness (QED) is 0.682. The third-order valence-electron chi connectivity index (χ3n) is 3.62. The van der Waals surface area contributed by atoms with E-state index in [0.717, 1.165) is 33.9 Å². The minimum Gasteiger partial charge on any atom is -0.246 e. The maximum atomic E-state index is 12.7. The van der Waals surface area contributed by atoms with Gasteiger partial charge < -0.3 is 0 Å². The van der Waals surface area contributed by atoms with Gasteiger partial charge in [-0.3, -0.25) is 0 Å². The number of hydrogen-bond donors (Lipinski definition) is 0. The molecule has 1 aliphatic carbocycles. The van der Waals surface area contributed by atoms with Gasteiger partial charge in [0.25, 0.3) is 0 Å². The Kier molecular flexibility index (Phi) is 3.32. The Morgan fingerprint density at radius 1 is 1.05 bits per heavy atom. The summed E-state index contributed by atoms with van der Waals surface area (Å²) in [6, 6.07) is 9.69. The van der Waals surface area contributed by atoms with Gasteiger partial charge >= 0.3 is 6.18 Å². The van der Waals surface area contributed by atoms with Gasteiger partial charge in [0, 0.05) is 11.6 Å². The van der Waals surface area contributed by atoms with Crippen LogP contribution in [-0.4, -0.2) is 4.98 Å². The van der Waals surface area contributed by atoms with Crippen molar-refractivity contribution in [3.05, 3.63) is 63.4 Å². The van der Waals surface area contributed by atoms with E-state index < -0.39 is 11.7 Å². The summed E-state index contributed by atoms with van der Waals surface area (Å²) in [6.45, 7) is 0. The topological polar surface area (TPSA) is 12.9 Å². The molecule has 3 rings (SSSR count). The molecular formula is C15H11BrF3N. The Morgan fingerprint density at radius 3 is 2.50 bits per heavy atom. The summed E-state index contributed by atoms with van der Waals surface area (Å²) in [7, 11) is 0. The zero-order chi connectivity index (χ0) is 14.3. The van der Waals surface area contributed by atoms with E-state index in [1.807, 2.05) is 18.2 Å². The van der Waals surface area contributed by atoms with Crippen molar-refractivity contribution in [2.75, 3.05) is 0 Å². The summed E-state index contributed by atoms with van der Waals surface area (Å²) in [4.78, 5) is 4.40. The SMILES string of the molecule is FC(F)(F)c1ccc2c(c1)CC(c1cccc(Br)n1)C2. The highest BCUT2D eigenvalue weighted by Crippen LogP contribution is 2.37. The van der Waals surface area contributed by atoms with Crippen LogP contribution in [0.1, 0.15) is 28.3 Å². The molecular weight excluding hydrogens is 331 g/mol. The highest BCUT2D eigenvalue weighted by Gasteiger charge is 2.33. The third-order valence-corrected chi connectivity index (χ3v) is 4.06. The molecule has 0 N–H and O–H groups in total. The van der Waals surface area contributed by atoms with Crippen LogP contribution in [0, 0.1) is 0 Å². The molecule has 1 aliphatic rings. The van der Waals surface area contributed by atoms with Gasteiger partial charge in [-0.25, -0.2) is 4.98 Å². The fraction of sp³-hybridized carbons (Fsp3) is 0.267. The standard InChI is InChI=1S/C15H11BrF3N/c16-14-3-1-2-13(20-14)11-6-9-4-5-12(15(17,18)19)8-10(9)7-11/h1-5,8,11H,6-7H2. The Hall–Kier alpha value is -1.36. The van der Waals surface area contributed by atoms with E-state index in [1.165, 1.54) is 6.07 Å². The Bertz CT molecular complexity index is 652. The minimum atomic E-state index is -4.28. The largest absolute Gasteiger partial charge is 0.416 e. The summed E-state index contributed by atoms with van der Waals surface area (Å²) >= 11 is 3.32. The first kappa shape index (κ1) is 13.6. The molecule has 1 heterocycles. The average molecular weight is 342 g/mol. The predicted molar refractivity (Wildman–Crippen MR) is 73.5 cm³/mol. The zero-order valence-electron chi connectivity index (χ0n) is 10.4. The average Bonchev–Trinajstić information content (AvgIpc) is 2.80. The second kappa shape index (κ2) is 4.88. The Labute approximate surface area is 123 Å². The van der Waals surface area contributed by atoms with Crippen LogP contribution in [0.4, 0.5) is 13.2 Å². The molecule has 20 heavy (non-hydrogen) atoms. The van der Waals surface area contributed by atoms with E-state index in [4.69, 9.17) is 0 Å². The Balaban J connectivity index is 1.89. The summed E-state index contributed by atoms with van der Waals surface area (Å²) < 4.78 is 38.9. The van der Waals surface area contributed by atoms with Crippen LogP contribution in [-0.2, 0) is 19.0 Å². The first-order valence-corrected chi connectivity index (χ1v) is 7.04. The van der Waals surface area contributed by atoms with Gasteiger partial charge in [-0.1, -0.05) is 12.1 Å². The third kappa shape index (κ3) is 2.59. The first-order chi connectivity index (χ1) is 9.43. The van der Waals surface area contributed by atoms with Crippen LogP contribution in [0.25, 0.3) is 0 Å². The molecule has 1 unspecified atom stereocenters. The van der Waals surface area contributed by atoms with Crippen molar-refractivity contribution in [2.24, 2.45) is 0 Å². The predicted octanol–water partition coefficient (Wildman–Crippen LogP) is 4.75. The second-order valence-corrected chi connectivity index (χ2v) is 5.78. The lowest BCUT2D eigenvalue weighted by atomic mass is 10.0. The second-order valence-electron chi connectivity index (χ2n) is 4.97. The van der Waals surface area contributed by atoms with Crippen molar-refractivity contribution in [1.29, 1.82) is 0 Å². The van der Waals surface area contributed by atoms with Crippen molar-refractivity contribution in [2.45, 2.75) is 24.9 Å². The van der Waals surface area contributed by atoms with Crippen molar-refractivity contribution in [3.63, 3.8) is 0 Å². The van der Waals surface area contributed by atoms with Crippen LogP contribution in [0.15, 0.2) is 41.0 Å². The maximum absolute atomic E-state index is 12.7. The van der Waals surface area contributed by atoms with E-state index in [2.05, 4.69) is 20.9 Å². The summed E-state index contributed by atoms with van der Waals surface area (Å²) in [5.74, 6) is 0.158. The highest BCUT2D eigenvalue weighted by atomic mass is 79.9. The van der Waals surface area contributed by atoms with Gasteiger partial charge in [0.15, 0.2) is 0 Å². The molecule has 0 saturated carbocycles. The highest BCUT2D eigenvalue weighted by molar-refractivity contribution is 9.10. The molecule has 1 nitrogen and oxygen atoms in total. The number of halogens is 4. The van der Waals surface area contributed by atoms with Gasteiger partial charge in [-0.2, -0.15) is 13.2 Å². The Morgan fingerprint density at radius 2 is 1.80 bits per heavy atom. The monoisotopic (exact) mass is 341 g/mol. The molecule has 1 aromatic heterocycles. The van der Waals surface area contributed by atoms with Crippen LogP contribution >= 0.6 is 15.9 Å². The van der Waals surface area contributed by atoms with Crippen LogP contribution in [0.5, 0.6) is 0 Å². The van der Waals surface area contributed by atoms with Gasteiger partial charge in [-0.05, 0) is 64.2 Å². The zero-order valence-corrected chi connectivity index (χ0v) is 12.0. The van der Waals surface area contributed by atoms with Crippen molar-refractivity contribution in [1.82, 2.24) is 4.98 Å². The van der Waals surface area contributed by atoms with Crippen molar-refractivity contribution >= 4 is 15.9 Å². The normalized spacial score (nSPS) is 18.1. The molecule has 1 aromatic carbocycles. The summed E-state index contributed by atoms with van der Waals surface area (Å²) in [5, 5.41) is 0. The van der Waals surface area contributed by atoms with Gasteiger partial charge in [0.2, 0.25) is 0 Å². The van der Waals surface area contributed by atoms with Gasteiger partial charge in [0.05, 0.1) is 5.56 Å². The number of pyridine rings is 1. The molecule has 0 aliphatic heterocycles. The van der Waals surface area contributed by atoms with Crippen molar-refractivity contribution < 1.29 is 13.2 Å². The smallest absolute Gasteiger partial charge is 0.246 e. The van der Waals surface area contributed by atoms with E-state index in [-0.39, 0.29) is 5.92 Å². The fourth-order valence-electron chi connectivity index (χ4n) is 2.65. The number of aromatic nitrogens is 1. The molecule has 104 valence electrons. The number of benzene rings is 1. The molecule has 0 spiro atoms. The number of nitrogens with zero attached hydrogens (tertiary/aromatic N) is 1. The molecule has 0 radical (unpaired) electrons. The lowest BCUT2D eigenvalue weighted by Gasteiger charge is -2.08. The van der Waals surface area contributed by atoms with Crippen molar-refractivity contribution in [3.8, 4) is 0 Å². The molecule has 0 saturated heterocycles. The van der Waals surface area contributed by atoms with Crippen LogP contribution in [0.3, 0.4) is 0 Å². The molecule has 1 atom stereocenters. The summed E-state index contributed by atoms with van der Waals surface area (Å²) in [5.41, 5.74) is 2.12. The maximum Gasteiger partial charge on any atom is 0.416 e. The van der Waals surface area contributed by atoms with Gasteiger partial charge in [0.1, 0.15) is 4.60 Å². The van der Waals surface area contributed by atoms with Gasteiger partial charge in [-0.15, -0.1) is 0 Å². The lowest BCUT2D eigenvalue weighted by Crippen LogP contribution is -2.05. The number of fused-ring (bicyclic) bond motifs is 1. The van der Waals surface area contributed by atoms with E-state index >= 15 is 0 Å². The summed E-state index contributed by atoms with van der Waals surface area (Å²) in [6.07, 6.45) is -2.92.